The highest BCUT2D eigenvalue weighted by Gasteiger charge is 2.27. The van der Waals surface area contributed by atoms with Gasteiger partial charge in [0.1, 0.15) is 4.92 Å². The first-order chi connectivity index (χ1) is 15.3. The molecule has 1 amide bonds. The van der Waals surface area contributed by atoms with Gasteiger partial charge in [-0.1, -0.05) is 12.1 Å². The second-order valence-corrected chi connectivity index (χ2v) is 7.13. The highest BCUT2D eigenvalue weighted by atomic mass is 16.6. The van der Waals surface area contributed by atoms with Gasteiger partial charge in [-0.2, -0.15) is 0 Å². The molecule has 2 aromatic heterocycles. The molecule has 0 atom stereocenters. The first-order valence-electron chi connectivity index (χ1n) is 9.66. The lowest BCUT2D eigenvalue weighted by Crippen LogP contribution is -2.39. The Labute approximate surface area is 180 Å². The number of para-hydroxylation sites is 2. The van der Waals surface area contributed by atoms with Gasteiger partial charge in [0.25, 0.3) is 5.91 Å². The molecule has 168 valence electrons. The van der Waals surface area contributed by atoms with E-state index < -0.39 is 22.7 Å². The van der Waals surface area contributed by atoms with Crippen LogP contribution in [-0.4, -0.2) is 60.5 Å². The van der Waals surface area contributed by atoms with E-state index in [4.69, 9.17) is 24.2 Å². The predicted octanol–water partition coefficient (Wildman–Crippen LogP) is 2.25. The molecule has 0 unspecified atom stereocenters. The summed E-state index contributed by atoms with van der Waals surface area (Å²) in [5, 5.41) is 25.5. The first kappa shape index (κ1) is 22.5. The number of imidazole rings is 1. The lowest BCUT2D eigenvalue weighted by molar-refractivity contribution is -0.402. The number of amides is 1. The van der Waals surface area contributed by atoms with Gasteiger partial charge in [0.05, 0.1) is 23.4 Å². The molecule has 2 N–H and O–H groups in total. The number of hydrogen-bond acceptors (Lipinski definition) is 7. The number of carbonyl (C=O) groups is 3. The molecule has 12 heteroatoms. The van der Waals surface area contributed by atoms with Crippen molar-refractivity contribution in [2.45, 2.75) is 19.4 Å². The number of furan rings is 1. The summed E-state index contributed by atoms with van der Waals surface area (Å²) < 4.78 is 7.18. The van der Waals surface area contributed by atoms with Crippen molar-refractivity contribution in [2.75, 3.05) is 13.1 Å². The minimum atomic E-state index is -1.82. The Hall–Kier alpha value is -4.22. The summed E-state index contributed by atoms with van der Waals surface area (Å²) in [6.07, 6.45) is 3.62. The van der Waals surface area contributed by atoms with Gasteiger partial charge in [0.15, 0.2) is 5.76 Å². The number of rotatable bonds is 4. The molecule has 3 heterocycles. The van der Waals surface area contributed by atoms with Crippen LogP contribution < -0.4 is 0 Å². The van der Waals surface area contributed by atoms with E-state index in [0.29, 0.717) is 19.0 Å². The number of benzene rings is 1. The molecule has 4 rings (SSSR count). The fraction of sp³-hybridized carbons (Fsp3) is 0.300. The first-order valence-corrected chi connectivity index (χ1v) is 9.66. The van der Waals surface area contributed by atoms with Crippen molar-refractivity contribution in [1.82, 2.24) is 14.5 Å². The van der Waals surface area contributed by atoms with Gasteiger partial charge < -0.3 is 24.1 Å². The van der Waals surface area contributed by atoms with Crippen LogP contribution in [0.4, 0.5) is 5.88 Å². The highest BCUT2D eigenvalue weighted by Crippen LogP contribution is 2.24. The number of hydrogen-bond donors (Lipinski definition) is 2. The van der Waals surface area contributed by atoms with E-state index in [1.807, 2.05) is 24.5 Å². The summed E-state index contributed by atoms with van der Waals surface area (Å²) in [5.41, 5.74) is 2.11. The SMILES string of the molecule is O=C(O)C(=O)O.O=C(c1ccc([N+](=O)[O-])o1)N1CCC(Cn2cnc3ccccc32)CC1. The van der Waals surface area contributed by atoms with Crippen LogP contribution in [0.15, 0.2) is 47.1 Å². The molecule has 3 aromatic rings. The Morgan fingerprint density at radius 2 is 1.75 bits per heavy atom. The zero-order valence-electron chi connectivity index (χ0n) is 16.8. The van der Waals surface area contributed by atoms with Crippen LogP contribution in [0.1, 0.15) is 23.4 Å². The smallest absolute Gasteiger partial charge is 0.433 e. The third-order valence-electron chi connectivity index (χ3n) is 5.05. The monoisotopic (exact) mass is 444 g/mol. The number of carbonyl (C=O) groups excluding carboxylic acids is 1. The van der Waals surface area contributed by atoms with Crippen LogP contribution in [0.5, 0.6) is 0 Å². The number of likely N-dealkylation sites (tertiary alicyclic amines) is 1. The predicted molar refractivity (Wildman–Crippen MR) is 109 cm³/mol. The van der Waals surface area contributed by atoms with E-state index in [2.05, 4.69) is 15.6 Å². The van der Waals surface area contributed by atoms with Gasteiger partial charge in [0.2, 0.25) is 0 Å². The quantitative estimate of drug-likeness (QED) is 0.348. The Balaban J connectivity index is 0.000000427. The summed E-state index contributed by atoms with van der Waals surface area (Å²) in [4.78, 5) is 46.8. The zero-order chi connectivity index (χ0) is 23.3. The number of nitrogens with zero attached hydrogens (tertiary/aromatic N) is 4. The van der Waals surface area contributed by atoms with Crippen LogP contribution in [0, 0.1) is 16.0 Å². The molecule has 1 aliphatic rings. The Kier molecular flexibility index (Phi) is 6.83. The van der Waals surface area contributed by atoms with E-state index in [1.54, 1.807) is 4.90 Å². The van der Waals surface area contributed by atoms with Crippen molar-refractivity contribution in [3.05, 3.63) is 58.6 Å². The average Bonchev–Trinajstić information content (AvgIpc) is 3.42. The molecule has 1 aliphatic heterocycles. The van der Waals surface area contributed by atoms with Crippen molar-refractivity contribution < 1.29 is 33.9 Å². The number of carboxylic acid groups (broad SMARTS) is 2. The summed E-state index contributed by atoms with van der Waals surface area (Å²) >= 11 is 0. The van der Waals surface area contributed by atoms with E-state index in [0.717, 1.165) is 30.4 Å². The lowest BCUT2D eigenvalue weighted by Gasteiger charge is -2.31. The molecule has 0 aliphatic carbocycles. The number of aliphatic carboxylic acids is 2. The third kappa shape index (κ3) is 5.28. The molecule has 32 heavy (non-hydrogen) atoms. The average molecular weight is 444 g/mol. The Morgan fingerprint density at radius 3 is 2.34 bits per heavy atom. The molecule has 1 aromatic carbocycles. The maximum atomic E-state index is 12.4. The molecular weight excluding hydrogens is 424 g/mol. The minimum Gasteiger partial charge on any atom is -0.473 e. The van der Waals surface area contributed by atoms with E-state index in [9.17, 15) is 14.9 Å². The standard InChI is InChI=1S/C18H18N4O4.C2H2O4/c23-18(16-5-6-17(26-16)22(24)25)20-9-7-13(8-10-20)11-21-12-19-14-3-1-2-4-15(14)21;3-1(4)2(5)6/h1-6,12-13H,7-11H2;(H,3,4)(H,5,6). The van der Waals surface area contributed by atoms with E-state index in [1.165, 1.54) is 12.1 Å². The maximum absolute atomic E-state index is 12.4. The number of fused-ring (bicyclic) bond motifs is 1. The van der Waals surface area contributed by atoms with Crippen molar-refractivity contribution in [3.8, 4) is 0 Å². The van der Waals surface area contributed by atoms with Gasteiger partial charge in [-0.25, -0.2) is 14.6 Å². The Morgan fingerprint density at radius 1 is 1.09 bits per heavy atom. The third-order valence-corrected chi connectivity index (χ3v) is 5.05. The van der Waals surface area contributed by atoms with Crippen LogP contribution >= 0.6 is 0 Å². The van der Waals surface area contributed by atoms with Crippen LogP contribution in [0.3, 0.4) is 0 Å². The van der Waals surface area contributed by atoms with Crippen molar-refractivity contribution in [2.24, 2.45) is 5.92 Å². The van der Waals surface area contributed by atoms with Crippen LogP contribution in [0.2, 0.25) is 0 Å². The van der Waals surface area contributed by atoms with Crippen molar-refractivity contribution in [1.29, 1.82) is 0 Å². The largest absolute Gasteiger partial charge is 0.473 e. The van der Waals surface area contributed by atoms with Crippen LogP contribution in [-0.2, 0) is 16.1 Å². The van der Waals surface area contributed by atoms with Crippen molar-refractivity contribution in [3.63, 3.8) is 0 Å². The second kappa shape index (κ2) is 9.73. The van der Waals surface area contributed by atoms with E-state index >= 15 is 0 Å². The molecule has 1 saturated heterocycles. The fourth-order valence-electron chi connectivity index (χ4n) is 3.45. The molecule has 12 nitrogen and oxygen atoms in total. The normalized spacial score (nSPS) is 13.9. The van der Waals surface area contributed by atoms with Crippen LogP contribution in [0.25, 0.3) is 11.0 Å². The van der Waals surface area contributed by atoms with Gasteiger partial charge >= 0.3 is 17.8 Å². The minimum absolute atomic E-state index is 0.0238. The lowest BCUT2D eigenvalue weighted by atomic mass is 9.96. The molecule has 1 fully saturated rings. The van der Waals surface area contributed by atoms with Gasteiger partial charge in [-0.05, 0) is 37.0 Å². The number of nitro groups is 1. The van der Waals surface area contributed by atoms with Gasteiger partial charge in [-0.15, -0.1) is 0 Å². The summed E-state index contributed by atoms with van der Waals surface area (Å²) in [7, 11) is 0. The molecule has 0 bridgehead atoms. The second-order valence-electron chi connectivity index (χ2n) is 7.13. The molecule has 0 radical (unpaired) electrons. The zero-order valence-corrected chi connectivity index (χ0v) is 16.8. The Bertz CT molecular complexity index is 1130. The number of piperidine rings is 1. The topological polar surface area (TPSA) is 169 Å². The number of aromatic nitrogens is 2. The van der Waals surface area contributed by atoms with E-state index in [-0.39, 0.29) is 11.7 Å². The summed E-state index contributed by atoms with van der Waals surface area (Å²) in [6.45, 7) is 2.10. The number of carboxylic acids is 2. The molecular formula is C20H20N4O8. The highest BCUT2D eigenvalue weighted by molar-refractivity contribution is 6.27. The maximum Gasteiger partial charge on any atom is 0.433 e. The summed E-state index contributed by atoms with van der Waals surface area (Å²) in [6, 6.07) is 10.6. The van der Waals surface area contributed by atoms with Gasteiger partial charge in [0, 0.05) is 19.6 Å². The molecule has 0 spiro atoms. The summed E-state index contributed by atoms with van der Waals surface area (Å²) in [5.74, 6) is -3.86. The molecule has 0 saturated carbocycles. The van der Waals surface area contributed by atoms with Crippen molar-refractivity contribution >= 4 is 34.8 Å². The van der Waals surface area contributed by atoms with Gasteiger partial charge in [-0.3, -0.25) is 14.9 Å². The fourth-order valence-corrected chi connectivity index (χ4v) is 3.45.